The Kier molecular flexibility index (Phi) is 8.95. The third kappa shape index (κ3) is 6.98. The Labute approximate surface area is 220 Å². The van der Waals surface area contributed by atoms with Crippen molar-refractivity contribution in [1.82, 2.24) is 24.7 Å². The Morgan fingerprint density at radius 3 is 2.51 bits per heavy atom. The first-order valence-corrected chi connectivity index (χ1v) is 12.9. The number of methoxy groups -OCH3 is 1. The molecule has 0 radical (unpaired) electrons. The largest absolute Gasteiger partial charge is 0.467 e. The van der Waals surface area contributed by atoms with E-state index in [1.54, 1.807) is 13.2 Å². The number of ether oxygens (including phenoxy) is 1. The van der Waals surface area contributed by atoms with Crippen molar-refractivity contribution in [3.05, 3.63) is 77.2 Å². The van der Waals surface area contributed by atoms with Crippen LogP contribution in [0.3, 0.4) is 0 Å². The fraction of sp³-hybridized carbons (Fsp3) is 0.414. The van der Waals surface area contributed by atoms with Gasteiger partial charge in [-0.25, -0.2) is 0 Å². The SMILES string of the molecule is COc1nc2c(c(N3CCN(C(=O)/C=C/CN(C)C)CC3)n1)CCN(/C(C)=C/C=C\c1ccccc1)C2. The van der Waals surface area contributed by atoms with E-state index in [0.717, 1.165) is 50.7 Å². The summed E-state index contributed by atoms with van der Waals surface area (Å²) in [6.45, 7) is 7.36. The maximum Gasteiger partial charge on any atom is 0.318 e. The van der Waals surface area contributed by atoms with Crippen LogP contribution in [-0.2, 0) is 17.8 Å². The highest BCUT2D eigenvalue weighted by Crippen LogP contribution is 2.30. The summed E-state index contributed by atoms with van der Waals surface area (Å²) in [7, 11) is 5.59. The lowest BCUT2D eigenvalue weighted by Crippen LogP contribution is -2.49. The fourth-order valence-electron chi connectivity index (χ4n) is 4.62. The number of rotatable bonds is 8. The molecule has 1 aromatic carbocycles. The Bertz CT molecular complexity index is 1150. The lowest BCUT2D eigenvalue weighted by molar-refractivity contribution is -0.126. The van der Waals surface area contributed by atoms with Crippen LogP contribution in [0.5, 0.6) is 6.01 Å². The highest BCUT2D eigenvalue weighted by molar-refractivity contribution is 5.87. The van der Waals surface area contributed by atoms with Crippen LogP contribution < -0.4 is 9.64 Å². The molecule has 8 heteroatoms. The zero-order valence-electron chi connectivity index (χ0n) is 22.4. The van der Waals surface area contributed by atoms with Crippen LogP contribution in [-0.4, -0.2) is 91.0 Å². The summed E-state index contributed by atoms with van der Waals surface area (Å²) in [6.07, 6.45) is 10.8. The van der Waals surface area contributed by atoms with E-state index in [-0.39, 0.29) is 5.91 Å². The van der Waals surface area contributed by atoms with Gasteiger partial charge in [0, 0.05) is 56.6 Å². The number of piperazine rings is 1. The van der Waals surface area contributed by atoms with Crippen molar-refractivity contribution in [3.8, 4) is 6.01 Å². The quantitative estimate of drug-likeness (QED) is 0.406. The Morgan fingerprint density at radius 1 is 1.05 bits per heavy atom. The predicted molar refractivity (Wildman–Crippen MR) is 148 cm³/mol. The molecule has 4 rings (SSSR count). The van der Waals surface area contributed by atoms with Crippen molar-refractivity contribution >= 4 is 17.8 Å². The zero-order valence-corrected chi connectivity index (χ0v) is 22.4. The van der Waals surface area contributed by atoms with E-state index in [9.17, 15) is 4.79 Å². The molecule has 1 amide bonds. The van der Waals surface area contributed by atoms with Crippen LogP contribution in [0.1, 0.15) is 23.7 Å². The highest BCUT2D eigenvalue weighted by Gasteiger charge is 2.28. The normalized spacial score (nSPS) is 16.7. The molecule has 0 spiro atoms. The molecule has 8 nitrogen and oxygen atoms in total. The zero-order chi connectivity index (χ0) is 26.2. The Morgan fingerprint density at radius 2 is 1.81 bits per heavy atom. The van der Waals surface area contributed by atoms with Crippen LogP contribution >= 0.6 is 0 Å². The van der Waals surface area contributed by atoms with E-state index in [1.165, 1.54) is 16.8 Å². The minimum atomic E-state index is 0.0722. The van der Waals surface area contributed by atoms with Gasteiger partial charge in [-0.2, -0.15) is 9.97 Å². The monoisotopic (exact) mass is 502 g/mol. The molecule has 2 aliphatic rings. The fourth-order valence-corrected chi connectivity index (χ4v) is 4.62. The summed E-state index contributed by atoms with van der Waals surface area (Å²) in [4.78, 5) is 30.6. The van der Waals surface area contributed by atoms with Gasteiger partial charge in [0.2, 0.25) is 5.91 Å². The number of fused-ring (bicyclic) bond motifs is 1. The Balaban J connectivity index is 1.43. The van der Waals surface area contributed by atoms with E-state index in [1.807, 2.05) is 48.2 Å². The molecule has 0 saturated carbocycles. The van der Waals surface area contributed by atoms with Gasteiger partial charge < -0.3 is 24.3 Å². The summed E-state index contributed by atoms with van der Waals surface area (Å²) in [6, 6.07) is 10.7. The second kappa shape index (κ2) is 12.5. The average Bonchev–Trinajstić information content (AvgIpc) is 2.92. The second-order valence-corrected chi connectivity index (χ2v) is 9.69. The molecule has 3 heterocycles. The van der Waals surface area contributed by atoms with Crippen molar-refractivity contribution in [2.75, 3.05) is 65.4 Å². The van der Waals surface area contributed by atoms with E-state index in [4.69, 9.17) is 14.7 Å². The molecule has 1 saturated heterocycles. The highest BCUT2D eigenvalue weighted by atomic mass is 16.5. The maximum absolute atomic E-state index is 12.6. The van der Waals surface area contributed by atoms with Crippen molar-refractivity contribution in [3.63, 3.8) is 0 Å². The minimum Gasteiger partial charge on any atom is -0.467 e. The van der Waals surface area contributed by atoms with Crippen molar-refractivity contribution in [2.45, 2.75) is 19.9 Å². The van der Waals surface area contributed by atoms with Gasteiger partial charge in [-0.1, -0.05) is 48.6 Å². The molecule has 0 N–H and O–H groups in total. The van der Waals surface area contributed by atoms with E-state index < -0.39 is 0 Å². The smallest absolute Gasteiger partial charge is 0.318 e. The molecule has 37 heavy (non-hydrogen) atoms. The average molecular weight is 503 g/mol. The van der Waals surface area contributed by atoms with Gasteiger partial charge >= 0.3 is 6.01 Å². The van der Waals surface area contributed by atoms with Crippen LogP contribution in [0.2, 0.25) is 0 Å². The summed E-state index contributed by atoms with van der Waals surface area (Å²) in [5.41, 5.74) is 4.59. The van der Waals surface area contributed by atoms with E-state index in [2.05, 4.69) is 47.1 Å². The molecule has 1 fully saturated rings. The summed E-state index contributed by atoms with van der Waals surface area (Å²) >= 11 is 0. The van der Waals surface area contributed by atoms with Gasteiger partial charge in [0.25, 0.3) is 0 Å². The van der Waals surface area contributed by atoms with Crippen LogP contribution in [0.25, 0.3) is 6.08 Å². The number of likely N-dealkylation sites (N-methyl/N-ethyl adjacent to an activating group) is 1. The van der Waals surface area contributed by atoms with Crippen molar-refractivity contribution < 1.29 is 9.53 Å². The van der Waals surface area contributed by atoms with Gasteiger partial charge in [-0.3, -0.25) is 4.79 Å². The summed E-state index contributed by atoms with van der Waals surface area (Å²) < 4.78 is 5.47. The lowest BCUT2D eigenvalue weighted by Gasteiger charge is -2.38. The van der Waals surface area contributed by atoms with E-state index >= 15 is 0 Å². The number of hydrogen-bond acceptors (Lipinski definition) is 7. The lowest BCUT2D eigenvalue weighted by atomic mass is 10.0. The molecule has 2 aliphatic heterocycles. The molecule has 1 aromatic heterocycles. The topological polar surface area (TPSA) is 65.0 Å². The van der Waals surface area contributed by atoms with Gasteiger partial charge in [-0.05, 0) is 39.1 Å². The summed E-state index contributed by atoms with van der Waals surface area (Å²) in [5, 5.41) is 0. The van der Waals surface area contributed by atoms with Crippen LogP contribution in [0.4, 0.5) is 5.82 Å². The molecule has 0 bridgehead atoms. The molecule has 196 valence electrons. The van der Waals surface area contributed by atoms with Gasteiger partial charge in [0.05, 0.1) is 19.3 Å². The summed E-state index contributed by atoms with van der Waals surface area (Å²) in [5.74, 6) is 1.02. The third-order valence-electron chi connectivity index (χ3n) is 6.75. The number of carbonyl (C=O) groups excluding carboxylic acids is 1. The molecule has 0 aliphatic carbocycles. The van der Waals surface area contributed by atoms with Crippen molar-refractivity contribution in [1.29, 1.82) is 0 Å². The number of anilines is 1. The van der Waals surface area contributed by atoms with Gasteiger partial charge in [0.1, 0.15) is 5.82 Å². The van der Waals surface area contributed by atoms with Crippen LogP contribution in [0, 0.1) is 0 Å². The number of amides is 1. The number of carbonyl (C=O) groups is 1. The predicted octanol–water partition coefficient (Wildman–Crippen LogP) is 3.23. The maximum atomic E-state index is 12.6. The Hall–Kier alpha value is -3.65. The van der Waals surface area contributed by atoms with Gasteiger partial charge in [-0.15, -0.1) is 0 Å². The standard InChI is InChI=1S/C29H38N6O2/c1-23(10-8-13-24-11-6-5-7-12-24)35-17-15-25-26(22-35)30-29(37-4)31-28(25)34-20-18-33(19-21-34)27(36)14-9-16-32(2)3/h5-14H,15-22H2,1-4H3/b13-8-,14-9+,23-10+. The first-order chi connectivity index (χ1) is 17.9. The van der Waals surface area contributed by atoms with Crippen molar-refractivity contribution in [2.24, 2.45) is 0 Å². The van der Waals surface area contributed by atoms with Crippen LogP contribution in [0.15, 0.2) is 60.3 Å². The molecule has 0 unspecified atom stereocenters. The third-order valence-corrected chi connectivity index (χ3v) is 6.75. The minimum absolute atomic E-state index is 0.0722. The number of aromatic nitrogens is 2. The number of benzene rings is 1. The number of nitrogens with zero attached hydrogens (tertiary/aromatic N) is 6. The number of hydrogen-bond donors (Lipinski definition) is 0. The molecular formula is C29H38N6O2. The first-order valence-electron chi connectivity index (χ1n) is 12.9. The first kappa shape index (κ1) is 26.4. The van der Waals surface area contributed by atoms with E-state index in [0.29, 0.717) is 19.1 Å². The molecule has 0 atom stereocenters. The molecular weight excluding hydrogens is 464 g/mol. The second-order valence-electron chi connectivity index (χ2n) is 9.69. The van der Waals surface area contributed by atoms with Gasteiger partial charge in [0.15, 0.2) is 0 Å². The number of allylic oxidation sites excluding steroid dienone is 3. The molecule has 2 aromatic rings.